The Hall–Kier alpha value is -2.60. The van der Waals surface area contributed by atoms with Crippen LogP contribution in [0.5, 0.6) is 0 Å². The molecule has 6 heteroatoms. The third-order valence-corrected chi connectivity index (χ3v) is 4.27. The quantitative estimate of drug-likeness (QED) is 0.780. The minimum Gasteiger partial charge on any atom is -0.411 e. The maximum Gasteiger partial charge on any atom is 0.254 e. The molecule has 118 valence electrons. The van der Waals surface area contributed by atoms with Crippen molar-refractivity contribution < 1.29 is 9.63 Å². The first-order valence-corrected chi connectivity index (χ1v) is 8.13. The smallest absolute Gasteiger partial charge is 0.254 e. The predicted molar refractivity (Wildman–Crippen MR) is 90.8 cm³/mol. The van der Waals surface area contributed by atoms with Crippen LogP contribution < -0.4 is 16.0 Å². The van der Waals surface area contributed by atoms with Crippen LogP contribution in [0.4, 0.5) is 0 Å². The number of nitrogens with zero attached hydrogens (tertiary/aromatic N) is 1. The molecule has 2 N–H and O–H groups in total. The Morgan fingerprint density at radius 1 is 1.35 bits per heavy atom. The largest absolute Gasteiger partial charge is 0.411 e. The molecule has 0 saturated heterocycles. The summed E-state index contributed by atoms with van der Waals surface area (Å²) < 4.78 is 1.47. The molecule has 1 amide bonds. The van der Waals surface area contributed by atoms with Crippen LogP contribution in [0.1, 0.15) is 22.8 Å². The second kappa shape index (κ2) is 6.26. The van der Waals surface area contributed by atoms with Gasteiger partial charge in [0, 0.05) is 11.8 Å². The van der Waals surface area contributed by atoms with Crippen molar-refractivity contribution in [2.45, 2.75) is 19.4 Å². The minimum absolute atomic E-state index is 0.0774. The van der Waals surface area contributed by atoms with E-state index in [1.165, 1.54) is 16.5 Å². The van der Waals surface area contributed by atoms with E-state index in [2.05, 4.69) is 5.38 Å². The highest BCUT2D eigenvalue weighted by atomic mass is 32.1. The molecule has 23 heavy (non-hydrogen) atoms. The molecule has 1 aromatic carbocycles. The highest BCUT2D eigenvalue weighted by molar-refractivity contribution is 7.07. The molecule has 0 fully saturated rings. The molecule has 1 atom stereocenters. The predicted octanol–water partition coefficient (Wildman–Crippen LogP) is 2.22. The molecule has 2 aromatic heterocycles. The lowest BCUT2D eigenvalue weighted by atomic mass is 10.1. The molecule has 2 heterocycles. The van der Waals surface area contributed by atoms with E-state index in [-0.39, 0.29) is 17.1 Å². The second-order valence-corrected chi connectivity index (χ2v) is 6.11. The third kappa shape index (κ3) is 3.12. The van der Waals surface area contributed by atoms with Crippen molar-refractivity contribution in [1.29, 1.82) is 0 Å². The van der Waals surface area contributed by atoms with E-state index in [0.717, 1.165) is 6.42 Å². The number of benzene rings is 1. The SMILES string of the molecule is CC(Cc1ccsc1)On1cc(C(N)=O)c(=O)c2ccccc21. The van der Waals surface area contributed by atoms with E-state index in [0.29, 0.717) is 10.9 Å². The summed E-state index contributed by atoms with van der Waals surface area (Å²) in [7, 11) is 0. The van der Waals surface area contributed by atoms with Crippen molar-refractivity contribution in [2.24, 2.45) is 5.73 Å². The van der Waals surface area contributed by atoms with E-state index in [1.807, 2.05) is 24.4 Å². The van der Waals surface area contributed by atoms with E-state index >= 15 is 0 Å². The number of para-hydroxylation sites is 1. The Morgan fingerprint density at radius 2 is 2.13 bits per heavy atom. The summed E-state index contributed by atoms with van der Waals surface area (Å²) in [6, 6.07) is 9.04. The maximum absolute atomic E-state index is 12.3. The Morgan fingerprint density at radius 3 is 2.83 bits per heavy atom. The summed E-state index contributed by atoms with van der Waals surface area (Å²) in [5, 5.41) is 4.49. The van der Waals surface area contributed by atoms with Gasteiger partial charge < -0.3 is 10.6 Å². The average Bonchev–Trinajstić information content (AvgIpc) is 3.02. The normalized spacial score (nSPS) is 12.2. The zero-order valence-electron chi connectivity index (χ0n) is 12.6. The van der Waals surface area contributed by atoms with Crippen LogP contribution in [0, 0.1) is 0 Å². The number of thiophene rings is 1. The van der Waals surface area contributed by atoms with Gasteiger partial charge in [-0.3, -0.25) is 9.59 Å². The highest BCUT2D eigenvalue weighted by Crippen LogP contribution is 2.13. The first kappa shape index (κ1) is 15.3. The van der Waals surface area contributed by atoms with Crippen LogP contribution in [0.3, 0.4) is 0 Å². The lowest BCUT2D eigenvalue weighted by Crippen LogP contribution is -2.29. The summed E-state index contributed by atoms with van der Waals surface area (Å²) in [6.45, 7) is 1.94. The Kier molecular flexibility index (Phi) is 4.16. The van der Waals surface area contributed by atoms with E-state index in [1.54, 1.807) is 29.5 Å². The number of carbonyl (C=O) groups excluding carboxylic acids is 1. The first-order valence-electron chi connectivity index (χ1n) is 7.18. The van der Waals surface area contributed by atoms with Crippen LogP contribution in [-0.2, 0) is 6.42 Å². The number of primary amides is 1. The van der Waals surface area contributed by atoms with Crippen molar-refractivity contribution in [3.05, 3.63) is 68.6 Å². The van der Waals surface area contributed by atoms with Gasteiger partial charge in [-0.1, -0.05) is 12.1 Å². The van der Waals surface area contributed by atoms with Crippen molar-refractivity contribution >= 4 is 28.1 Å². The molecule has 0 saturated carbocycles. The molecular formula is C17H16N2O3S. The lowest BCUT2D eigenvalue weighted by Gasteiger charge is -2.18. The van der Waals surface area contributed by atoms with Gasteiger partial charge in [-0.25, -0.2) is 0 Å². The highest BCUT2D eigenvalue weighted by Gasteiger charge is 2.15. The fourth-order valence-electron chi connectivity index (χ4n) is 2.48. The summed E-state index contributed by atoms with van der Waals surface area (Å²) in [4.78, 5) is 29.7. The van der Waals surface area contributed by atoms with Crippen molar-refractivity contribution in [3.63, 3.8) is 0 Å². The van der Waals surface area contributed by atoms with Crippen molar-refractivity contribution in [3.8, 4) is 0 Å². The van der Waals surface area contributed by atoms with E-state index in [9.17, 15) is 9.59 Å². The zero-order chi connectivity index (χ0) is 16.4. The van der Waals surface area contributed by atoms with Crippen LogP contribution in [-0.4, -0.2) is 16.7 Å². The number of carbonyl (C=O) groups is 1. The lowest BCUT2D eigenvalue weighted by molar-refractivity contribution is 0.0553. The first-order chi connectivity index (χ1) is 11.1. The fraction of sp³-hybridized carbons (Fsp3) is 0.176. The molecule has 0 spiro atoms. The van der Waals surface area contributed by atoms with Gasteiger partial charge in [0.15, 0.2) is 0 Å². The van der Waals surface area contributed by atoms with Gasteiger partial charge in [-0.15, -0.1) is 0 Å². The van der Waals surface area contributed by atoms with Gasteiger partial charge in [0.1, 0.15) is 11.7 Å². The summed E-state index contributed by atoms with van der Waals surface area (Å²) >= 11 is 1.63. The molecule has 0 aliphatic carbocycles. The average molecular weight is 328 g/mol. The van der Waals surface area contributed by atoms with Crippen LogP contribution >= 0.6 is 11.3 Å². The monoisotopic (exact) mass is 328 g/mol. The summed E-state index contributed by atoms with van der Waals surface area (Å²) in [5.74, 6) is -0.761. The van der Waals surface area contributed by atoms with E-state index < -0.39 is 5.91 Å². The molecule has 3 rings (SSSR count). The van der Waals surface area contributed by atoms with Gasteiger partial charge in [0.2, 0.25) is 5.43 Å². The Balaban J connectivity index is 2.00. The number of amides is 1. The number of pyridine rings is 1. The van der Waals surface area contributed by atoms with Crippen LogP contribution in [0.15, 0.2) is 52.1 Å². The molecule has 1 unspecified atom stereocenters. The summed E-state index contributed by atoms with van der Waals surface area (Å²) in [6.07, 6.45) is 1.98. The number of rotatable bonds is 5. The topological polar surface area (TPSA) is 74.3 Å². The Bertz CT molecular complexity index is 900. The van der Waals surface area contributed by atoms with Crippen molar-refractivity contribution in [2.75, 3.05) is 0 Å². The van der Waals surface area contributed by atoms with Gasteiger partial charge in [0.25, 0.3) is 5.91 Å². The second-order valence-electron chi connectivity index (χ2n) is 5.33. The molecule has 5 nitrogen and oxygen atoms in total. The van der Waals surface area contributed by atoms with Gasteiger partial charge in [0.05, 0.1) is 11.7 Å². The number of hydrogen-bond acceptors (Lipinski definition) is 4. The fourth-order valence-corrected chi connectivity index (χ4v) is 3.16. The molecule has 0 aliphatic rings. The number of fused-ring (bicyclic) bond motifs is 1. The number of aromatic nitrogens is 1. The van der Waals surface area contributed by atoms with Gasteiger partial charge in [-0.2, -0.15) is 16.1 Å². The maximum atomic E-state index is 12.3. The third-order valence-electron chi connectivity index (χ3n) is 3.54. The van der Waals surface area contributed by atoms with Crippen LogP contribution in [0.25, 0.3) is 10.9 Å². The molecule has 3 aromatic rings. The number of nitrogens with two attached hydrogens (primary N) is 1. The van der Waals surface area contributed by atoms with E-state index in [4.69, 9.17) is 10.6 Å². The molecular weight excluding hydrogens is 312 g/mol. The van der Waals surface area contributed by atoms with Gasteiger partial charge in [-0.05, 0) is 41.4 Å². The Labute approximate surface area is 136 Å². The number of hydrogen-bond donors (Lipinski definition) is 1. The molecule has 0 bridgehead atoms. The minimum atomic E-state index is -0.761. The van der Waals surface area contributed by atoms with Gasteiger partial charge >= 0.3 is 0 Å². The summed E-state index contributed by atoms with van der Waals surface area (Å²) in [5.41, 5.74) is 6.65. The van der Waals surface area contributed by atoms with Crippen LogP contribution in [0.2, 0.25) is 0 Å². The van der Waals surface area contributed by atoms with Crippen molar-refractivity contribution in [1.82, 2.24) is 4.73 Å². The molecule has 0 aliphatic heterocycles. The zero-order valence-corrected chi connectivity index (χ0v) is 13.4. The molecule has 0 radical (unpaired) electrons. The standard InChI is InChI=1S/C17H16N2O3S/c1-11(8-12-6-7-23-10-12)22-19-9-14(17(18)21)16(20)13-4-2-3-5-15(13)19/h2-7,9-11H,8H2,1H3,(H2,18,21).